The summed E-state index contributed by atoms with van der Waals surface area (Å²) in [5.41, 5.74) is 0.314. The van der Waals surface area contributed by atoms with Gasteiger partial charge in [0.05, 0.1) is 16.5 Å². The Morgan fingerprint density at radius 2 is 2.14 bits per heavy atom. The number of benzene rings is 1. The Kier molecular flexibility index (Phi) is 6.63. The molecular formula is C13H17BrClN3O2S. The first-order valence-corrected chi connectivity index (χ1v) is 8.64. The first-order valence-electron chi connectivity index (χ1n) is 6.36. The monoisotopic (exact) mass is 393 g/mol. The molecule has 0 aliphatic carbocycles. The van der Waals surface area contributed by atoms with Gasteiger partial charge in [0.2, 0.25) is 10.0 Å². The van der Waals surface area contributed by atoms with Gasteiger partial charge in [-0.2, -0.15) is 5.26 Å². The smallest absolute Gasteiger partial charge is 0.240 e. The molecule has 1 aliphatic rings. The number of piperidine rings is 1. The van der Waals surface area contributed by atoms with Gasteiger partial charge in [-0.1, -0.05) is 22.9 Å². The third kappa shape index (κ3) is 4.66. The first-order chi connectivity index (χ1) is 9.42. The summed E-state index contributed by atoms with van der Waals surface area (Å²) < 4.78 is 28.1. The van der Waals surface area contributed by atoms with Crippen LogP contribution < -0.4 is 10.0 Å². The summed E-state index contributed by atoms with van der Waals surface area (Å²) in [6.45, 7) is 3.57. The molecule has 1 aromatic carbocycles. The predicted octanol–water partition coefficient (Wildman–Crippen LogP) is 2.02. The van der Waals surface area contributed by atoms with E-state index < -0.39 is 10.0 Å². The Labute approximate surface area is 139 Å². The molecule has 0 amide bonds. The van der Waals surface area contributed by atoms with E-state index in [1.165, 1.54) is 12.1 Å². The Bertz CT molecular complexity index is 645. The van der Waals surface area contributed by atoms with E-state index in [4.69, 9.17) is 5.26 Å². The Hall–Kier alpha value is -0.650. The molecule has 1 heterocycles. The molecule has 1 saturated heterocycles. The van der Waals surface area contributed by atoms with Gasteiger partial charge in [0.25, 0.3) is 0 Å². The van der Waals surface area contributed by atoms with Gasteiger partial charge in [0.1, 0.15) is 0 Å². The average Bonchev–Trinajstić information content (AvgIpc) is 2.40. The van der Waals surface area contributed by atoms with Crippen molar-refractivity contribution < 1.29 is 8.42 Å². The number of rotatable bonds is 3. The summed E-state index contributed by atoms with van der Waals surface area (Å²) in [6, 6.07) is 6.31. The van der Waals surface area contributed by atoms with Gasteiger partial charge in [0.15, 0.2) is 0 Å². The van der Waals surface area contributed by atoms with Crippen LogP contribution in [0.5, 0.6) is 0 Å². The van der Waals surface area contributed by atoms with Crippen molar-refractivity contribution in [3.63, 3.8) is 0 Å². The lowest BCUT2D eigenvalue weighted by Crippen LogP contribution is -2.50. The highest BCUT2D eigenvalue weighted by Crippen LogP contribution is 2.21. The van der Waals surface area contributed by atoms with Gasteiger partial charge >= 0.3 is 0 Å². The molecular weight excluding hydrogens is 378 g/mol. The predicted molar refractivity (Wildman–Crippen MR) is 86.9 cm³/mol. The number of halogens is 2. The summed E-state index contributed by atoms with van der Waals surface area (Å²) in [5.74, 6) is 0.286. The summed E-state index contributed by atoms with van der Waals surface area (Å²) in [5, 5.41) is 12.1. The minimum atomic E-state index is -3.62. The van der Waals surface area contributed by atoms with Crippen LogP contribution in [0.3, 0.4) is 0 Å². The molecule has 2 unspecified atom stereocenters. The van der Waals surface area contributed by atoms with Crippen LogP contribution in [0.15, 0.2) is 27.6 Å². The summed E-state index contributed by atoms with van der Waals surface area (Å²) in [6.07, 6.45) is 0.940. The van der Waals surface area contributed by atoms with E-state index in [0.29, 0.717) is 16.6 Å². The minimum absolute atomic E-state index is 0. The van der Waals surface area contributed by atoms with E-state index in [0.717, 1.165) is 13.0 Å². The van der Waals surface area contributed by atoms with Crippen molar-refractivity contribution in [3.05, 3.63) is 28.2 Å². The van der Waals surface area contributed by atoms with Crippen LogP contribution in [-0.2, 0) is 10.0 Å². The lowest BCUT2D eigenvalue weighted by atomic mass is 9.96. The van der Waals surface area contributed by atoms with Crippen LogP contribution >= 0.6 is 28.3 Å². The largest absolute Gasteiger partial charge is 0.315 e. The molecule has 2 N–H and O–H groups in total. The normalized spacial score (nSPS) is 22.1. The van der Waals surface area contributed by atoms with Crippen LogP contribution in [-0.4, -0.2) is 27.5 Å². The quantitative estimate of drug-likeness (QED) is 0.822. The molecule has 21 heavy (non-hydrogen) atoms. The zero-order chi connectivity index (χ0) is 14.8. The first kappa shape index (κ1) is 18.4. The fourth-order valence-electron chi connectivity index (χ4n) is 2.20. The highest BCUT2D eigenvalue weighted by Gasteiger charge is 2.27. The van der Waals surface area contributed by atoms with Crippen molar-refractivity contribution >= 4 is 38.4 Å². The maximum Gasteiger partial charge on any atom is 0.240 e. The Balaban J connectivity index is 0.00000220. The molecule has 8 heteroatoms. The molecule has 0 spiro atoms. The van der Waals surface area contributed by atoms with Crippen molar-refractivity contribution in [2.75, 3.05) is 13.1 Å². The van der Waals surface area contributed by atoms with Gasteiger partial charge in [-0.3, -0.25) is 0 Å². The van der Waals surface area contributed by atoms with Crippen molar-refractivity contribution in [3.8, 4) is 6.07 Å². The van der Waals surface area contributed by atoms with Crippen LogP contribution in [0.4, 0.5) is 0 Å². The van der Waals surface area contributed by atoms with E-state index in [9.17, 15) is 8.42 Å². The van der Waals surface area contributed by atoms with E-state index in [1.54, 1.807) is 6.07 Å². The second-order valence-corrected chi connectivity index (χ2v) is 7.61. The van der Waals surface area contributed by atoms with Gasteiger partial charge in [0, 0.05) is 17.1 Å². The Morgan fingerprint density at radius 1 is 1.43 bits per heavy atom. The molecule has 0 saturated carbocycles. The standard InChI is InChI=1S/C13H16BrN3O2S.ClH/c1-9-2-3-16-8-13(9)17-20(18,19)12-5-10(7-15)4-11(14)6-12;/h4-6,9,13,16-17H,2-3,8H2,1H3;1H. The summed E-state index contributed by atoms with van der Waals surface area (Å²) >= 11 is 3.23. The second kappa shape index (κ2) is 7.56. The molecule has 116 valence electrons. The molecule has 1 aliphatic heterocycles. The number of nitrogens with zero attached hydrogens (tertiary/aromatic N) is 1. The van der Waals surface area contributed by atoms with E-state index >= 15 is 0 Å². The maximum absolute atomic E-state index is 12.4. The third-order valence-electron chi connectivity index (χ3n) is 3.44. The zero-order valence-corrected chi connectivity index (χ0v) is 14.7. The molecule has 0 bridgehead atoms. The lowest BCUT2D eigenvalue weighted by molar-refractivity contribution is 0.327. The SMILES string of the molecule is CC1CCNCC1NS(=O)(=O)c1cc(Br)cc(C#N)c1.Cl. The molecule has 0 radical (unpaired) electrons. The third-order valence-corrected chi connectivity index (χ3v) is 5.37. The molecule has 0 aromatic heterocycles. The zero-order valence-electron chi connectivity index (χ0n) is 11.5. The number of nitriles is 1. The van der Waals surface area contributed by atoms with Crippen molar-refractivity contribution in [1.82, 2.24) is 10.0 Å². The molecule has 5 nitrogen and oxygen atoms in total. The highest BCUT2D eigenvalue weighted by molar-refractivity contribution is 9.10. The minimum Gasteiger partial charge on any atom is -0.315 e. The topological polar surface area (TPSA) is 82.0 Å². The van der Waals surface area contributed by atoms with Gasteiger partial charge < -0.3 is 5.32 Å². The van der Waals surface area contributed by atoms with Crippen molar-refractivity contribution in [2.24, 2.45) is 5.92 Å². The van der Waals surface area contributed by atoms with E-state index in [1.807, 2.05) is 13.0 Å². The maximum atomic E-state index is 12.4. The van der Waals surface area contributed by atoms with Crippen molar-refractivity contribution in [2.45, 2.75) is 24.3 Å². The number of sulfonamides is 1. The van der Waals surface area contributed by atoms with Gasteiger partial charge in [-0.15, -0.1) is 12.4 Å². The molecule has 1 fully saturated rings. The summed E-state index contributed by atoms with van der Waals surface area (Å²) in [7, 11) is -3.62. The molecule has 2 atom stereocenters. The van der Waals surface area contributed by atoms with Crippen LogP contribution in [0, 0.1) is 17.2 Å². The van der Waals surface area contributed by atoms with Crippen LogP contribution in [0.2, 0.25) is 0 Å². The van der Waals surface area contributed by atoms with Gasteiger partial charge in [-0.25, -0.2) is 13.1 Å². The fourth-order valence-corrected chi connectivity index (χ4v) is 4.26. The lowest BCUT2D eigenvalue weighted by Gasteiger charge is -2.30. The number of hydrogen-bond donors (Lipinski definition) is 2. The molecule has 1 aromatic rings. The van der Waals surface area contributed by atoms with E-state index in [2.05, 4.69) is 26.0 Å². The van der Waals surface area contributed by atoms with Crippen LogP contribution in [0.25, 0.3) is 0 Å². The highest BCUT2D eigenvalue weighted by atomic mass is 79.9. The second-order valence-electron chi connectivity index (χ2n) is 4.99. The van der Waals surface area contributed by atoms with E-state index in [-0.39, 0.29) is 29.3 Å². The number of nitrogens with one attached hydrogen (secondary N) is 2. The van der Waals surface area contributed by atoms with Crippen LogP contribution in [0.1, 0.15) is 18.9 Å². The average molecular weight is 395 g/mol. The van der Waals surface area contributed by atoms with Gasteiger partial charge in [-0.05, 0) is 37.1 Å². The summed E-state index contributed by atoms with van der Waals surface area (Å²) in [4.78, 5) is 0.112. The Morgan fingerprint density at radius 3 is 2.76 bits per heavy atom. The van der Waals surface area contributed by atoms with Crippen molar-refractivity contribution in [1.29, 1.82) is 5.26 Å². The fraction of sp³-hybridized carbons (Fsp3) is 0.462. The number of hydrogen-bond acceptors (Lipinski definition) is 4. The molecule has 2 rings (SSSR count).